The number of likely N-dealkylation sites (N-methyl/N-ethyl adjacent to an activating group) is 2. The Hall–Kier alpha value is -0.900. The molecule has 0 saturated carbocycles. The number of nitrogens with zero attached hydrogens (tertiary/aromatic N) is 1. The van der Waals surface area contributed by atoms with Gasteiger partial charge in [-0.1, -0.05) is 37.3 Å². The smallest absolute Gasteiger partial charge is 0.0703 e. The van der Waals surface area contributed by atoms with Gasteiger partial charge in [-0.05, 0) is 39.4 Å². The highest BCUT2D eigenvalue weighted by Crippen LogP contribution is 2.28. The van der Waals surface area contributed by atoms with Gasteiger partial charge >= 0.3 is 0 Å². The summed E-state index contributed by atoms with van der Waals surface area (Å²) in [6, 6.07) is 12.1. The highest BCUT2D eigenvalue weighted by molar-refractivity contribution is 5.20. The van der Waals surface area contributed by atoms with Crippen molar-refractivity contribution in [3.63, 3.8) is 0 Å². The summed E-state index contributed by atoms with van der Waals surface area (Å²) in [5.74, 6) is 0. The van der Waals surface area contributed by atoms with Crippen molar-refractivity contribution < 1.29 is 4.74 Å². The Bertz CT molecular complexity index is 395. The third-order valence-corrected chi connectivity index (χ3v) is 4.66. The summed E-state index contributed by atoms with van der Waals surface area (Å²) in [6.45, 7) is 5.36. The second kappa shape index (κ2) is 7.21. The lowest BCUT2D eigenvalue weighted by Crippen LogP contribution is -2.48. The van der Waals surface area contributed by atoms with E-state index in [4.69, 9.17) is 4.74 Å². The molecule has 0 aromatic heterocycles. The lowest BCUT2D eigenvalue weighted by Gasteiger charge is -2.38. The molecule has 0 spiro atoms. The minimum Gasteiger partial charge on any atom is -0.377 e. The van der Waals surface area contributed by atoms with Gasteiger partial charge in [0.05, 0.1) is 6.10 Å². The zero-order chi connectivity index (χ0) is 14.5. The summed E-state index contributed by atoms with van der Waals surface area (Å²) >= 11 is 0. The number of nitrogens with one attached hydrogen (secondary N) is 1. The number of benzene rings is 1. The van der Waals surface area contributed by atoms with Crippen LogP contribution in [0, 0.1) is 0 Å². The van der Waals surface area contributed by atoms with E-state index >= 15 is 0 Å². The van der Waals surface area contributed by atoms with E-state index in [2.05, 4.69) is 68.5 Å². The highest BCUT2D eigenvalue weighted by atomic mass is 16.5. The van der Waals surface area contributed by atoms with Gasteiger partial charge in [-0.25, -0.2) is 0 Å². The Labute approximate surface area is 123 Å². The van der Waals surface area contributed by atoms with Crippen molar-refractivity contribution in [2.24, 2.45) is 0 Å². The third kappa shape index (κ3) is 3.22. The molecule has 0 radical (unpaired) electrons. The number of rotatable bonds is 6. The quantitative estimate of drug-likeness (QED) is 0.864. The fourth-order valence-electron chi connectivity index (χ4n) is 3.50. The summed E-state index contributed by atoms with van der Waals surface area (Å²) < 4.78 is 5.74. The molecule has 1 fully saturated rings. The second-order valence-corrected chi connectivity index (χ2v) is 5.75. The predicted molar refractivity (Wildman–Crippen MR) is 83.9 cm³/mol. The van der Waals surface area contributed by atoms with Crippen LogP contribution in [0.3, 0.4) is 0 Å². The Balaban J connectivity index is 2.16. The molecular formula is C17H28N2O. The van der Waals surface area contributed by atoms with Crippen LogP contribution in [0.1, 0.15) is 38.3 Å². The molecule has 0 amide bonds. The molecule has 112 valence electrons. The summed E-state index contributed by atoms with van der Waals surface area (Å²) in [6.07, 6.45) is 2.60. The first-order valence-electron chi connectivity index (χ1n) is 7.74. The minimum atomic E-state index is 0.335. The maximum absolute atomic E-state index is 5.74. The van der Waals surface area contributed by atoms with Crippen molar-refractivity contribution in [1.82, 2.24) is 10.2 Å². The standard InChI is InChI=1S/C17H28N2O/c1-5-15(19(4)16-11-12-20-13(16)2)17(18-3)14-9-7-6-8-10-14/h6-10,13,15-18H,5,11-12H2,1-4H3. The van der Waals surface area contributed by atoms with E-state index in [0.717, 1.165) is 19.4 Å². The van der Waals surface area contributed by atoms with Crippen molar-refractivity contribution in [2.45, 2.75) is 50.9 Å². The molecule has 20 heavy (non-hydrogen) atoms. The average molecular weight is 276 g/mol. The lowest BCUT2D eigenvalue weighted by atomic mass is 9.94. The van der Waals surface area contributed by atoms with Gasteiger partial charge in [-0.2, -0.15) is 0 Å². The van der Waals surface area contributed by atoms with Gasteiger partial charge in [-0.3, -0.25) is 4.90 Å². The van der Waals surface area contributed by atoms with Crippen LogP contribution in [0.15, 0.2) is 30.3 Å². The largest absolute Gasteiger partial charge is 0.377 e. The van der Waals surface area contributed by atoms with Crippen molar-refractivity contribution in [2.75, 3.05) is 20.7 Å². The van der Waals surface area contributed by atoms with Crippen LogP contribution in [0.2, 0.25) is 0 Å². The molecule has 1 N–H and O–H groups in total. The summed E-state index contributed by atoms with van der Waals surface area (Å²) in [5, 5.41) is 3.51. The maximum atomic E-state index is 5.74. The van der Waals surface area contributed by atoms with Gasteiger partial charge in [0.1, 0.15) is 0 Å². The first-order chi connectivity index (χ1) is 9.69. The molecule has 2 rings (SSSR count). The molecular weight excluding hydrogens is 248 g/mol. The van der Waals surface area contributed by atoms with Crippen LogP contribution < -0.4 is 5.32 Å². The van der Waals surface area contributed by atoms with Gasteiger partial charge < -0.3 is 10.1 Å². The van der Waals surface area contributed by atoms with Gasteiger partial charge in [0.15, 0.2) is 0 Å². The summed E-state index contributed by atoms with van der Waals surface area (Å²) in [5.41, 5.74) is 1.36. The number of ether oxygens (including phenoxy) is 1. The topological polar surface area (TPSA) is 24.5 Å². The molecule has 3 nitrogen and oxygen atoms in total. The molecule has 3 heteroatoms. The van der Waals surface area contributed by atoms with E-state index in [-0.39, 0.29) is 0 Å². The monoisotopic (exact) mass is 276 g/mol. The molecule has 0 aliphatic carbocycles. The predicted octanol–water partition coefficient (Wildman–Crippen LogP) is 2.83. The Morgan fingerprint density at radius 2 is 2.05 bits per heavy atom. The number of hydrogen-bond donors (Lipinski definition) is 1. The van der Waals surface area contributed by atoms with Crippen molar-refractivity contribution in [3.8, 4) is 0 Å². The van der Waals surface area contributed by atoms with Gasteiger partial charge in [-0.15, -0.1) is 0 Å². The van der Waals surface area contributed by atoms with Crippen LogP contribution in [-0.4, -0.2) is 43.8 Å². The van der Waals surface area contributed by atoms with Crippen LogP contribution >= 0.6 is 0 Å². The Morgan fingerprint density at radius 1 is 1.35 bits per heavy atom. The van der Waals surface area contributed by atoms with E-state index in [0.29, 0.717) is 24.2 Å². The molecule has 1 saturated heterocycles. The van der Waals surface area contributed by atoms with Gasteiger partial charge in [0, 0.05) is 24.7 Å². The minimum absolute atomic E-state index is 0.335. The maximum Gasteiger partial charge on any atom is 0.0703 e. The zero-order valence-electron chi connectivity index (χ0n) is 13.2. The van der Waals surface area contributed by atoms with Crippen LogP contribution in [0.5, 0.6) is 0 Å². The fraction of sp³-hybridized carbons (Fsp3) is 0.647. The second-order valence-electron chi connectivity index (χ2n) is 5.75. The summed E-state index contributed by atoms with van der Waals surface area (Å²) in [4.78, 5) is 2.52. The molecule has 1 aliphatic rings. The van der Waals surface area contributed by atoms with Crippen molar-refractivity contribution in [3.05, 3.63) is 35.9 Å². The molecule has 1 aromatic carbocycles. The third-order valence-electron chi connectivity index (χ3n) is 4.66. The average Bonchev–Trinajstić information content (AvgIpc) is 2.91. The molecule has 0 bridgehead atoms. The van der Waals surface area contributed by atoms with Crippen molar-refractivity contribution >= 4 is 0 Å². The Morgan fingerprint density at radius 3 is 2.55 bits per heavy atom. The molecule has 4 atom stereocenters. The van der Waals surface area contributed by atoms with E-state index < -0.39 is 0 Å². The van der Waals surface area contributed by atoms with Gasteiger partial charge in [0.25, 0.3) is 0 Å². The summed E-state index contributed by atoms with van der Waals surface area (Å²) in [7, 11) is 4.31. The highest BCUT2D eigenvalue weighted by Gasteiger charge is 2.34. The molecule has 4 unspecified atom stereocenters. The zero-order valence-corrected chi connectivity index (χ0v) is 13.2. The molecule has 1 aromatic rings. The van der Waals surface area contributed by atoms with Crippen molar-refractivity contribution in [1.29, 1.82) is 0 Å². The van der Waals surface area contributed by atoms with Crippen LogP contribution in [-0.2, 0) is 4.74 Å². The van der Waals surface area contributed by atoms with E-state index in [1.807, 2.05) is 0 Å². The fourth-order valence-corrected chi connectivity index (χ4v) is 3.50. The molecule has 1 aliphatic heterocycles. The van der Waals surface area contributed by atoms with Crippen LogP contribution in [0.4, 0.5) is 0 Å². The van der Waals surface area contributed by atoms with Crippen LogP contribution in [0.25, 0.3) is 0 Å². The first-order valence-corrected chi connectivity index (χ1v) is 7.74. The van der Waals surface area contributed by atoms with E-state index in [1.54, 1.807) is 0 Å². The normalized spacial score (nSPS) is 25.9. The number of hydrogen-bond acceptors (Lipinski definition) is 3. The SMILES string of the molecule is CCC(C(NC)c1ccccc1)N(C)C1CCOC1C. The van der Waals surface area contributed by atoms with E-state index in [9.17, 15) is 0 Å². The lowest BCUT2D eigenvalue weighted by molar-refractivity contribution is 0.0574. The van der Waals surface area contributed by atoms with E-state index in [1.165, 1.54) is 5.56 Å². The Kier molecular flexibility index (Phi) is 5.58. The molecule has 1 heterocycles. The van der Waals surface area contributed by atoms with Gasteiger partial charge in [0.2, 0.25) is 0 Å². The first kappa shape index (κ1) is 15.5.